The van der Waals surface area contributed by atoms with Crippen LogP contribution in [0.2, 0.25) is 0 Å². The second-order valence-electron chi connectivity index (χ2n) is 5.15. The summed E-state index contributed by atoms with van der Waals surface area (Å²) < 4.78 is 10.6. The topological polar surface area (TPSA) is 99.4 Å². The van der Waals surface area contributed by atoms with Crippen LogP contribution in [-0.4, -0.2) is 66.9 Å². The predicted molar refractivity (Wildman–Crippen MR) is 70.6 cm³/mol. The molecule has 0 atom stereocenters. The summed E-state index contributed by atoms with van der Waals surface area (Å²) in [7, 11) is 0. The van der Waals surface area contributed by atoms with Crippen LogP contribution in [0.5, 0.6) is 0 Å². The molecule has 0 fully saturated rings. The third-order valence-electron chi connectivity index (χ3n) is 3.82. The summed E-state index contributed by atoms with van der Waals surface area (Å²) in [6.07, 6.45) is 1.21. The molecule has 0 saturated carbocycles. The van der Waals surface area contributed by atoms with E-state index in [1.165, 1.54) is 0 Å². The highest BCUT2D eigenvalue weighted by Crippen LogP contribution is 2.22. The van der Waals surface area contributed by atoms with Crippen LogP contribution in [0.4, 0.5) is 0 Å². The van der Waals surface area contributed by atoms with Gasteiger partial charge in [0, 0.05) is 10.8 Å². The lowest BCUT2D eigenvalue weighted by Gasteiger charge is -2.29. The van der Waals surface area contributed by atoms with Crippen molar-refractivity contribution in [2.24, 2.45) is 10.8 Å². The van der Waals surface area contributed by atoms with Crippen molar-refractivity contribution < 1.29 is 29.9 Å². The summed E-state index contributed by atoms with van der Waals surface area (Å²) >= 11 is 0. The second-order valence-corrected chi connectivity index (χ2v) is 5.15. The summed E-state index contributed by atoms with van der Waals surface area (Å²) in [6, 6.07) is 0. The van der Waals surface area contributed by atoms with Gasteiger partial charge in [-0.3, -0.25) is 0 Å². The van der Waals surface area contributed by atoms with Gasteiger partial charge in [-0.15, -0.1) is 0 Å². The van der Waals surface area contributed by atoms with Gasteiger partial charge in [-0.25, -0.2) is 0 Å². The molecule has 0 rings (SSSR count). The Morgan fingerprint density at radius 1 is 0.684 bits per heavy atom. The molecule has 19 heavy (non-hydrogen) atoms. The van der Waals surface area contributed by atoms with E-state index in [0.717, 1.165) is 0 Å². The average molecular weight is 280 g/mol. The first-order valence-corrected chi connectivity index (χ1v) is 6.66. The van der Waals surface area contributed by atoms with E-state index >= 15 is 0 Å². The molecule has 0 spiro atoms. The van der Waals surface area contributed by atoms with Gasteiger partial charge in [0.2, 0.25) is 0 Å². The van der Waals surface area contributed by atoms with Crippen molar-refractivity contribution in [3.05, 3.63) is 0 Å². The number of ether oxygens (including phenoxy) is 2. The van der Waals surface area contributed by atoms with Gasteiger partial charge >= 0.3 is 0 Å². The first kappa shape index (κ1) is 18.8. The molecule has 0 amide bonds. The Balaban J connectivity index is 3.98. The van der Waals surface area contributed by atoms with E-state index in [0.29, 0.717) is 12.8 Å². The Kier molecular flexibility index (Phi) is 9.51. The molecule has 0 aliphatic rings. The Labute approximate surface area is 115 Å². The Bertz CT molecular complexity index is 175. The van der Waals surface area contributed by atoms with Crippen LogP contribution in [0.25, 0.3) is 0 Å². The highest BCUT2D eigenvalue weighted by molar-refractivity contribution is 4.76. The van der Waals surface area contributed by atoms with Crippen molar-refractivity contribution in [3.8, 4) is 0 Å². The summed E-state index contributed by atoms with van der Waals surface area (Å²) in [5, 5.41) is 36.9. The molecule has 6 heteroatoms. The van der Waals surface area contributed by atoms with Crippen molar-refractivity contribution in [1.29, 1.82) is 0 Å². The molecule has 6 nitrogen and oxygen atoms in total. The molecule has 0 aromatic heterocycles. The largest absolute Gasteiger partial charge is 0.396 e. The Morgan fingerprint density at radius 3 is 1.21 bits per heavy atom. The van der Waals surface area contributed by atoms with Gasteiger partial charge in [-0.05, 0) is 12.8 Å². The van der Waals surface area contributed by atoms with Gasteiger partial charge in [0.25, 0.3) is 0 Å². The van der Waals surface area contributed by atoms with Gasteiger partial charge in [-0.2, -0.15) is 0 Å². The van der Waals surface area contributed by atoms with Crippen LogP contribution >= 0.6 is 0 Å². The third kappa shape index (κ3) is 5.72. The van der Waals surface area contributed by atoms with E-state index in [4.69, 9.17) is 9.47 Å². The molecule has 0 heterocycles. The molecule has 0 radical (unpaired) electrons. The quantitative estimate of drug-likeness (QED) is 0.290. The van der Waals surface area contributed by atoms with E-state index in [9.17, 15) is 20.4 Å². The monoisotopic (exact) mass is 280 g/mol. The van der Waals surface area contributed by atoms with E-state index in [1.807, 2.05) is 13.8 Å². The van der Waals surface area contributed by atoms with E-state index in [-0.39, 0.29) is 46.4 Å². The fourth-order valence-electron chi connectivity index (χ4n) is 1.51. The van der Waals surface area contributed by atoms with Gasteiger partial charge in [0.1, 0.15) is 6.79 Å². The van der Waals surface area contributed by atoms with Gasteiger partial charge in [-0.1, -0.05) is 13.8 Å². The number of hydrogen-bond acceptors (Lipinski definition) is 6. The molecular formula is C13H28O6. The highest BCUT2D eigenvalue weighted by atomic mass is 16.7. The zero-order valence-electron chi connectivity index (χ0n) is 12.0. The van der Waals surface area contributed by atoms with E-state index < -0.39 is 10.8 Å². The number of rotatable bonds is 12. The van der Waals surface area contributed by atoms with Crippen LogP contribution in [0.3, 0.4) is 0 Å². The minimum atomic E-state index is -0.640. The molecule has 0 aliphatic heterocycles. The summed E-state index contributed by atoms with van der Waals surface area (Å²) in [6.45, 7) is 3.56. The molecule has 0 unspecified atom stereocenters. The fraction of sp³-hybridized carbons (Fsp3) is 1.00. The number of hydrogen-bond donors (Lipinski definition) is 4. The molecule has 116 valence electrons. The lowest BCUT2D eigenvalue weighted by molar-refractivity contribution is -0.130. The standard InChI is InChI=1S/C13H28O6/c1-3-12(5-14,6-15)9-18-11-19-10-13(4-2,7-16)8-17/h14-17H,3-11H2,1-2H3. The smallest absolute Gasteiger partial charge is 0.146 e. The normalized spacial score (nSPS) is 12.9. The van der Waals surface area contributed by atoms with Crippen LogP contribution in [0.1, 0.15) is 26.7 Å². The molecule has 0 bridgehead atoms. The minimum absolute atomic E-state index is 0.00347. The van der Waals surface area contributed by atoms with Crippen molar-refractivity contribution >= 4 is 0 Å². The second kappa shape index (κ2) is 9.63. The zero-order chi connectivity index (χ0) is 14.8. The highest BCUT2D eigenvalue weighted by Gasteiger charge is 2.28. The third-order valence-corrected chi connectivity index (χ3v) is 3.82. The number of aliphatic hydroxyl groups is 4. The van der Waals surface area contributed by atoms with E-state index in [1.54, 1.807) is 0 Å². The van der Waals surface area contributed by atoms with Crippen LogP contribution in [-0.2, 0) is 9.47 Å². The van der Waals surface area contributed by atoms with Crippen molar-refractivity contribution in [2.45, 2.75) is 26.7 Å². The number of aliphatic hydroxyl groups excluding tert-OH is 4. The maximum absolute atomic E-state index is 9.23. The van der Waals surface area contributed by atoms with Crippen molar-refractivity contribution in [1.82, 2.24) is 0 Å². The van der Waals surface area contributed by atoms with Gasteiger partial charge in [0.15, 0.2) is 0 Å². The Hall–Kier alpha value is -0.240. The van der Waals surface area contributed by atoms with Crippen LogP contribution in [0.15, 0.2) is 0 Å². The Morgan fingerprint density at radius 2 is 1.00 bits per heavy atom. The molecule has 0 aromatic rings. The molecular weight excluding hydrogens is 252 g/mol. The maximum Gasteiger partial charge on any atom is 0.146 e. The first-order chi connectivity index (χ1) is 9.07. The lowest BCUT2D eigenvalue weighted by atomic mass is 9.88. The molecule has 4 N–H and O–H groups in total. The van der Waals surface area contributed by atoms with Crippen molar-refractivity contribution in [3.63, 3.8) is 0 Å². The molecule has 0 saturated heterocycles. The van der Waals surface area contributed by atoms with Crippen molar-refractivity contribution in [2.75, 3.05) is 46.4 Å². The summed E-state index contributed by atoms with van der Waals surface area (Å²) in [4.78, 5) is 0. The summed E-state index contributed by atoms with van der Waals surface area (Å²) in [5.74, 6) is 0. The first-order valence-electron chi connectivity index (χ1n) is 6.66. The van der Waals surface area contributed by atoms with E-state index in [2.05, 4.69) is 0 Å². The van der Waals surface area contributed by atoms with Gasteiger partial charge in [0.05, 0.1) is 39.6 Å². The average Bonchev–Trinajstić information content (AvgIpc) is 2.48. The fourth-order valence-corrected chi connectivity index (χ4v) is 1.51. The molecule has 0 aromatic carbocycles. The zero-order valence-corrected chi connectivity index (χ0v) is 12.0. The van der Waals surface area contributed by atoms with Crippen LogP contribution in [0, 0.1) is 10.8 Å². The van der Waals surface area contributed by atoms with Crippen LogP contribution < -0.4 is 0 Å². The summed E-state index contributed by atoms with van der Waals surface area (Å²) in [5.41, 5.74) is -1.28. The molecule has 0 aliphatic carbocycles. The SMILES string of the molecule is CCC(CO)(CO)COCOCC(CC)(CO)CO. The lowest BCUT2D eigenvalue weighted by Crippen LogP contribution is -2.36. The van der Waals surface area contributed by atoms with Gasteiger partial charge < -0.3 is 29.9 Å². The maximum atomic E-state index is 9.23. The predicted octanol–water partition coefficient (Wildman–Crippen LogP) is -0.261. The minimum Gasteiger partial charge on any atom is -0.396 e.